The number of carbonyl (C=O) groups is 2. The molecule has 0 radical (unpaired) electrons. The normalized spacial score (nSPS) is 16.9. The zero-order valence-corrected chi connectivity index (χ0v) is 13.0. The second-order valence-corrected chi connectivity index (χ2v) is 6.36. The molecule has 0 bridgehead atoms. The molecular formula is C15H18BrNO3. The molecule has 5 heteroatoms. The van der Waals surface area contributed by atoms with E-state index in [0.29, 0.717) is 18.5 Å². The van der Waals surface area contributed by atoms with E-state index in [0.717, 1.165) is 22.9 Å². The van der Waals surface area contributed by atoms with Crippen molar-refractivity contribution in [1.82, 2.24) is 0 Å². The zero-order chi connectivity index (χ0) is 14.8. The van der Waals surface area contributed by atoms with Gasteiger partial charge in [-0.2, -0.15) is 0 Å². The summed E-state index contributed by atoms with van der Waals surface area (Å²) in [5.74, 6) is -1.09. The molecule has 4 nitrogen and oxygen atoms in total. The smallest absolute Gasteiger partial charge is 0.310 e. The summed E-state index contributed by atoms with van der Waals surface area (Å²) in [6.07, 6.45) is 2.99. The Kier molecular flexibility index (Phi) is 4.48. The molecule has 1 aliphatic carbocycles. The van der Waals surface area contributed by atoms with Crippen molar-refractivity contribution >= 4 is 33.5 Å². The van der Waals surface area contributed by atoms with Gasteiger partial charge >= 0.3 is 5.97 Å². The third kappa shape index (κ3) is 3.20. The van der Waals surface area contributed by atoms with Crippen molar-refractivity contribution in [3.63, 3.8) is 0 Å². The molecule has 1 saturated carbocycles. The standard InChI is InChI=1S/C15H18BrNO3/c1-10-4-5-11(16)12(8-10)17-13(18)9-15(14(19)20)6-2-3-7-15/h4-5,8H,2-3,6-7,9H2,1H3,(H,17,18)(H,19,20). The maximum Gasteiger partial charge on any atom is 0.310 e. The van der Waals surface area contributed by atoms with Gasteiger partial charge in [0.1, 0.15) is 0 Å². The van der Waals surface area contributed by atoms with Crippen LogP contribution in [0.5, 0.6) is 0 Å². The Morgan fingerprint density at radius 2 is 2.00 bits per heavy atom. The molecule has 0 aliphatic heterocycles. The minimum atomic E-state index is -0.875. The molecule has 0 heterocycles. The number of hydrogen-bond donors (Lipinski definition) is 2. The molecule has 0 aromatic heterocycles. The van der Waals surface area contributed by atoms with Crippen molar-refractivity contribution in [3.8, 4) is 0 Å². The van der Waals surface area contributed by atoms with E-state index in [-0.39, 0.29) is 12.3 Å². The molecule has 1 aromatic carbocycles. The van der Waals surface area contributed by atoms with E-state index in [2.05, 4.69) is 21.2 Å². The van der Waals surface area contributed by atoms with Gasteiger partial charge in [0.15, 0.2) is 0 Å². The van der Waals surface area contributed by atoms with Crippen LogP contribution in [-0.4, -0.2) is 17.0 Å². The fourth-order valence-electron chi connectivity index (χ4n) is 2.75. The first-order valence-electron chi connectivity index (χ1n) is 6.72. The second kappa shape index (κ2) is 5.95. The summed E-state index contributed by atoms with van der Waals surface area (Å²) < 4.78 is 0.798. The first-order valence-corrected chi connectivity index (χ1v) is 7.52. The lowest BCUT2D eigenvalue weighted by Gasteiger charge is -2.23. The van der Waals surface area contributed by atoms with Crippen molar-refractivity contribution in [1.29, 1.82) is 0 Å². The first kappa shape index (κ1) is 15.0. The Labute approximate surface area is 126 Å². The SMILES string of the molecule is Cc1ccc(Br)c(NC(=O)CC2(C(=O)O)CCCC2)c1. The minimum absolute atomic E-state index is 0.0444. The van der Waals surface area contributed by atoms with Gasteiger partial charge in [-0.15, -0.1) is 0 Å². The van der Waals surface area contributed by atoms with Crippen LogP contribution < -0.4 is 5.32 Å². The third-order valence-electron chi connectivity index (χ3n) is 3.91. The third-order valence-corrected chi connectivity index (χ3v) is 4.60. The van der Waals surface area contributed by atoms with Crippen molar-refractivity contribution in [2.24, 2.45) is 5.41 Å². The summed E-state index contributed by atoms with van der Waals surface area (Å²) in [4.78, 5) is 23.6. The van der Waals surface area contributed by atoms with E-state index in [1.54, 1.807) is 0 Å². The fourth-order valence-corrected chi connectivity index (χ4v) is 3.10. The number of hydrogen-bond acceptors (Lipinski definition) is 2. The maximum absolute atomic E-state index is 12.1. The Morgan fingerprint density at radius 3 is 2.60 bits per heavy atom. The van der Waals surface area contributed by atoms with Crippen LogP contribution in [-0.2, 0) is 9.59 Å². The van der Waals surface area contributed by atoms with E-state index >= 15 is 0 Å². The molecule has 2 rings (SSSR count). The Balaban J connectivity index is 2.08. The van der Waals surface area contributed by atoms with Gasteiger partial charge in [-0.05, 0) is 53.4 Å². The van der Waals surface area contributed by atoms with Gasteiger partial charge in [0, 0.05) is 10.9 Å². The van der Waals surface area contributed by atoms with Crippen LogP contribution in [0, 0.1) is 12.3 Å². The lowest BCUT2D eigenvalue weighted by Crippen LogP contribution is -2.32. The van der Waals surface area contributed by atoms with E-state index in [9.17, 15) is 14.7 Å². The number of anilines is 1. The van der Waals surface area contributed by atoms with Crippen molar-refractivity contribution < 1.29 is 14.7 Å². The summed E-state index contributed by atoms with van der Waals surface area (Å²) in [7, 11) is 0. The maximum atomic E-state index is 12.1. The van der Waals surface area contributed by atoms with Gasteiger partial charge in [-0.3, -0.25) is 9.59 Å². The van der Waals surface area contributed by atoms with Crippen LogP contribution in [0.15, 0.2) is 22.7 Å². The molecule has 1 amide bonds. The van der Waals surface area contributed by atoms with Gasteiger partial charge in [-0.1, -0.05) is 18.9 Å². The summed E-state index contributed by atoms with van der Waals surface area (Å²) in [5.41, 5.74) is 0.853. The molecule has 108 valence electrons. The zero-order valence-electron chi connectivity index (χ0n) is 11.4. The number of benzene rings is 1. The molecule has 0 spiro atoms. The topological polar surface area (TPSA) is 66.4 Å². The van der Waals surface area contributed by atoms with Gasteiger partial charge < -0.3 is 10.4 Å². The van der Waals surface area contributed by atoms with Gasteiger partial charge in [-0.25, -0.2) is 0 Å². The van der Waals surface area contributed by atoms with Gasteiger partial charge in [0.2, 0.25) is 5.91 Å². The second-order valence-electron chi connectivity index (χ2n) is 5.50. The highest BCUT2D eigenvalue weighted by Crippen LogP contribution is 2.41. The van der Waals surface area contributed by atoms with E-state index < -0.39 is 11.4 Å². The van der Waals surface area contributed by atoms with Crippen LogP contribution in [0.1, 0.15) is 37.7 Å². The Hall–Kier alpha value is -1.36. The number of amides is 1. The van der Waals surface area contributed by atoms with Crippen LogP contribution in [0.2, 0.25) is 0 Å². The molecule has 1 aliphatic rings. The molecule has 1 fully saturated rings. The number of rotatable bonds is 4. The quantitative estimate of drug-likeness (QED) is 0.878. The van der Waals surface area contributed by atoms with Gasteiger partial charge in [0.05, 0.1) is 11.1 Å². The number of aliphatic carboxylic acids is 1. The lowest BCUT2D eigenvalue weighted by molar-refractivity contribution is -0.150. The predicted octanol–water partition coefficient (Wildman–Crippen LogP) is 3.73. The highest BCUT2D eigenvalue weighted by molar-refractivity contribution is 9.10. The van der Waals surface area contributed by atoms with Crippen LogP contribution >= 0.6 is 15.9 Å². The summed E-state index contributed by atoms with van der Waals surface area (Å²) >= 11 is 3.38. The molecule has 20 heavy (non-hydrogen) atoms. The summed E-state index contributed by atoms with van der Waals surface area (Å²) in [5, 5.41) is 12.2. The summed E-state index contributed by atoms with van der Waals surface area (Å²) in [6, 6.07) is 5.67. The van der Waals surface area contributed by atoms with Crippen molar-refractivity contribution in [2.45, 2.75) is 39.0 Å². The van der Waals surface area contributed by atoms with E-state index in [1.807, 2.05) is 25.1 Å². The molecule has 0 atom stereocenters. The molecule has 0 saturated heterocycles. The first-order chi connectivity index (χ1) is 9.43. The number of nitrogens with one attached hydrogen (secondary N) is 1. The molecule has 0 unspecified atom stereocenters. The lowest BCUT2D eigenvalue weighted by atomic mass is 9.82. The number of carboxylic acids is 1. The number of halogens is 1. The number of aryl methyl sites for hydroxylation is 1. The van der Waals surface area contributed by atoms with Crippen LogP contribution in [0.3, 0.4) is 0 Å². The predicted molar refractivity (Wildman–Crippen MR) is 80.7 cm³/mol. The van der Waals surface area contributed by atoms with E-state index in [4.69, 9.17) is 0 Å². The summed E-state index contributed by atoms with van der Waals surface area (Å²) in [6.45, 7) is 1.94. The Bertz CT molecular complexity index is 536. The number of carbonyl (C=O) groups excluding carboxylic acids is 1. The monoisotopic (exact) mass is 339 g/mol. The van der Waals surface area contributed by atoms with E-state index in [1.165, 1.54) is 0 Å². The highest BCUT2D eigenvalue weighted by atomic mass is 79.9. The van der Waals surface area contributed by atoms with Crippen LogP contribution in [0.25, 0.3) is 0 Å². The number of carboxylic acid groups (broad SMARTS) is 1. The van der Waals surface area contributed by atoms with Crippen LogP contribution in [0.4, 0.5) is 5.69 Å². The minimum Gasteiger partial charge on any atom is -0.481 e. The molecule has 2 N–H and O–H groups in total. The average Bonchev–Trinajstić information content (AvgIpc) is 2.83. The Morgan fingerprint density at radius 1 is 1.35 bits per heavy atom. The van der Waals surface area contributed by atoms with Gasteiger partial charge in [0.25, 0.3) is 0 Å². The highest BCUT2D eigenvalue weighted by Gasteiger charge is 2.42. The fraction of sp³-hybridized carbons (Fsp3) is 0.467. The molecular weight excluding hydrogens is 322 g/mol. The van der Waals surface area contributed by atoms with Crippen molar-refractivity contribution in [2.75, 3.05) is 5.32 Å². The molecule has 1 aromatic rings. The van der Waals surface area contributed by atoms with Crippen molar-refractivity contribution in [3.05, 3.63) is 28.2 Å². The largest absolute Gasteiger partial charge is 0.481 e. The average molecular weight is 340 g/mol.